The Morgan fingerprint density at radius 2 is 1.94 bits per heavy atom. The lowest BCUT2D eigenvalue weighted by Gasteiger charge is -2.10. The van der Waals surface area contributed by atoms with E-state index in [2.05, 4.69) is 0 Å². The van der Waals surface area contributed by atoms with Crippen molar-refractivity contribution < 1.29 is 28.0 Å². The molecule has 1 rings (SSSR count). The van der Waals surface area contributed by atoms with Crippen molar-refractivity contribution in [3.63, 3.8) is 0 Å². The van der Waals surface area contributed by atoms with Crippen LogP contribution in [0.5, 0.6) is 5.75 Å². The van der Waals surface area contributed by atoms with Crippen molar-refractivity contribution in [1.29, 1.82) is 0 Å². The second-order valence-corrected chi connectivity index (χ2v) is 3.20. The topological polar surface area (TPSA) is 80.4 Å². The molecule has 0 aliphatic rings. The molecule has 0 bridgehead atoms. The predicted octanol–water partition coefficient (Wildman–Crippen LogP) is 2.52. The van der Waals surface area contributed by atoms with Crippen molar-refractivity contribution in [3.05, 3.63) is 33.4 Å². The van der Waals surface area contributed by atoms with E-state index < -0.39 is 39.4 Å². The van der Waals surface area contributed by atoms with E-state index in [4.69, 9.17) is 5.11 Å². The van der Waals surface area contributed by atoms with Crippen LogP contribution in [0.15, 0.2) is 12.1 Å². The lowest BCUT2D eigenvalue weighted by atomic mass is 10.0. The summed E-state index contributed by atoms with van der Waals surface area (Å²) in [6, 6.07) is 0.984. The Hall–Kier alpha value is -2.12. The molecule has 0 saturated heterocycles. The molecule has 8 heteroatoms. The van der Waals surface area contributed by atoms with E-state index >= 15 is 0 Å². The van der Waals surface area contributed by atoms with Gasteiger partial charge in [0.05, 0.1) is 4.92 Å². The number of carbonyl (C=O) groups is 1. The van der Waals surface area contributed by atoms with Gasteiger partial charge in [0.25, 0.3) is 0 Å². The molecule has 92 valence electrons. The maximum atomic E-state index is 12.4. The molecular formula is C9H6F3NO4. The Morgan fingerprint density at radius 1 is 1.41 bits per heavy atom. The summed E-state index contributed by atoms with van der Waals surface area (Å²) in [5.41, 5.74) is -3.23. The zero-order chi connectivity index (χ0) is 13.4. The Kier molecular flexibility index (Phi) is 3.08. The molecule has 0 radical (unpaired) electrons. The Morgan fingerprint density at radius 3 is 2.29 bits per heavy atom. The highest BCUT2D eigenvalue weighted by Crippen LogP contribution is 2.41. The predicted molar refractivity (Wildman–Crippen MR) is 49.8 cm³/mol. The van der Waals surface area contributed by atoms with Crippen LogP contribution >= 0.6 is 0 Å². The number of phenolic OH excluding ortho intramolecular Hbond substituents is 1. The standard InChI is InChI=1S/C9H6F3NO4/c1-4(14)5-2-6(9(10,11)12)8(15)7(3-5)13(16)17/h2-3,15H,1H3. The first-order chi connectivity index (χ1) is 7.64. The van der Waals surface area contributed by atoms with Crippen LogP contribution in [-0.4, -0.2) is 15.8 Å². The summed E-state index contributed by atoms with van der Waals surface area (Å²) in [6.45, 7) is 0.969. The van der Waals surface area contributed by atoms with Crippen LogP contribution in [-0.2, 0) is 6.18 Å². The maximum Gasteiger partial charge on any atom is 0.420 e. The molecule has 0 atom stereocenters. The number of Topliss-reactive ketones (excluding diaryl/α,β-unsaturated/α-hetero) is 1. The summed E-state index contributed by atoms with van der Waals surface area (Å²) in [5.74, 6) is -2.26. The summed E-state index contributed by atoms with van der Waals surface area (Å²) in [7, 11) is 0. The molecule has 0 amide bonds. The van der Waals surface area contributed by atoms with Crippen molar-refractivity contribution in [1.82, 2.24) is 0 Å². The molecule has 0 unspecified atom stereocenters. The van der Waals surface area contributed by atoms with Crippen LogP contribution in [0.1, 0.15) is 22.8 Å². The molecule has 0 spiro atoms. The van der Waals surface area contributed by atoms with Crippen LogP contribution < -0.4 is 0 Å². The van der Waals surface area contributed by atoms with Gasteiger partial charge < -0.3 is 5.11 Å². The highest BCUT2D eigenvalue weighted by Gasteiger charge is 2.38. The van der Waals surface area contributed by atoms with Gasteiger partial charge in [-0.05, 0) is 13.0 Å². The molecule has 0 saturated carbocycles. The number of ketones is 1. The molecular weight excluding hydrogens is 243 g/mol. The van der Waals surface area contributed by atoms with Crippen molar-refractivity contribution in [3.8, 4) is 5.75 Å². The Labute approximate surface area is 92.6 Å². The van der Waals surface area contributed by atoms with Crippen molar-refractivity contribution in [2.45, 2.75) is 13.1 Å². The fraction of sp³-hybridized carbons (Fsp3) is 0.222. The number of nitro groups is 1. The lowest BCUT2D eigenvalue weighted by molar-refractivity contribution is -0.386. The SMILES string of the molecule is CC(=O)c1cc([N+](=O)[O-])c(O)c(C(F)(F)F)c1. The fourth-order valence-electron chi connectivity index (χ4n) is 1.18. The summed E-state index contributed by atoms with van der Waals surface area (Å²) >= 11 is 0. The molecule has 1 aromatic carbocycles. The van der Waals surface area contributed by atoms with Crippen LogP contribution in [0, 0.1) is 10.1 Å². The number of carbonyl (C=O) groups excluding carboxylic acids is 1. The van der Waals surface area contributed by atoms with E-state index in [0.717, 1.165) is 6.92 Å². The second-order valence-electron chi connectivity index (χ2n) is 3.20. The zero-order valence-corrected chi connectivity index (χ0v) is 8.41. The van der Waals surface area contributed by atoms with Gasteiger partial charge in [0.1, 0.15) is 5.56 Å². The van der Waals surface area contributed by atoms with Crippen LogP contribution in [0.25, 0.3) is 0 Å². The first kappa shape index (κ1) is 12.9. The number of nitro benzene ring substituents is 1. The average Bonchev–Trinajstić information content (AvgIpc) is 2.15. The first-order valence-corrected chi connectivity index (χ1v) is 4.24. The van der Waals surface area contributed by atoms with Crippen molar-refractivity contribution >= 4 is 11.5 Å². The minimum atomic E-state index is -4.97. The number of hydrogen-bond donors (Lipinski definition) is 1. The number of phenols is 1. The normalized spacial score (nSPS) is 11.3. The number of hydrogen-bond acceptors (Lipinski definition) is 4. The third-order valence-corrected chi connectivity index (χ3v) is 2.00. The third-order valence-electron chi connectivity index (χ3n) is 2.00. The molecule has 0 aliphatic heterocycles. The molecule has 0 heterocycles. The molecule has 0 aromatic heterocycles. The number of halogens is 3. The average molecular weight is 249 g/mol. The van der Waals surface area contributed by atoms with Crippen molar-refractivity contribution in [2.75, 3.05) is 0 Å². The van der Waals surface area contributed by atoms with Gasteiger partial charge in [-0.25, -0.2) is 0 Å². The third kappa shape index (κ3) is 2.52. The summed E-state index contributed by atoms with van der Waals surface area (Å²) in [4.78, 5) is 20.2. The van der Waals surface area contributed by atoms with Gasteiger partial charge in [0, 0.05) is 11.6 Å². The molecule has 0 aliphatic carbocycles. The van der Waals surface area contributed by atoms with Gasteiger partial charge in [0.2, 0.25) is 5.75 Å². The minimum absolute atomic E-state index is 0.380. The fourth-order valence-corrected chi connectivity index (χ4v) is 1.18. The monoisotopic (exact) mass is 249 g/mol. The van der Waals surface area contributed by atoms with Crippen LogP contribution in [0.2, 0.25) is 0 Å². The Bertz CT molecular complexity index is 496. The molecule has 17 heavy (non-hydrogen) atoms. The number of alkyl halides is 3. The number of aromatic hydroxyl groups is 1. The minimum Gasteiger partial charge on any atom is -0.502 e. The quantitative estimate of drug-likeness (QED) is 0.496. The molecule has 1 aromatic rings. The number of rotatable bonds is 2. The molecule has 1 N–H and O–H groups in total. The Balaban J connectivity index is 3.60. The van der Waals surface area contributed by atoms with E-state index in [9.17, 15) is 28.1 Å². The van der Waals surface area contributed by atoms with Gasteiger partial charge in [-0.1, -0.05) is 0 Å². The zero-order valence-electron chi connectivity index (χ0n) is 8.41. The van der Waals surface area contributed by atoms with E-state index in [1.807, 2.05) is 0 Å². The van der Waals surface area contributed by atoms with E-state index in [1.165, 1.54) is 0 Å². The smallest absolute Gasteiger partial charge is 0.420 e. The van der Waals surface area contributed by atoms with Gasteiger partial charge in [-0.2, -0.15) is 13.2 Å². The second kappa shape index (κ2) is 4.04. The summed E-state index contributed by atoms with van der Waals surface area (Å²) < 4.78 is 37.3. The van der Waals surface area contributed by atoms with E-state index in [0.29, 0.717) is 12.1 Å². The van der Waals surface area contributed by atoms with Crippen LogP contribution in [0.3, 0.4) is 0 Å². The first-order valence-electron chi connectivity index (χ1n) is 4.24. The van der Waals surface area contributed by atoms with Crippen LogP contribution in [0.4, 0.5) is 18.9 Å². The molecule has 5 nitrogen and oxygen atoms in total. The largest absolute Gasteiger partial charge is 0.502 e. The summed E-state index contributed by atoms with van der Waals surface area (Å²) in [6.07, 6.45) is -4.97. The highest BCUT2D eigenvalue weighted by molar-refractivity contribution is 5.95. The lowest BCUT2D eigenvalue weighted by Crippen LogP contribution is -2.09. The number of benzene rings is 1. The van der Waals surface area contributed by atoms with Gasteiger partial charge in [0.15, 0.2) is 5.78 Å². The van der Waals surface area contributed by atoms with Crippen molar-refractivity contribution in [2.24, 2.45) is 0 Å². The maximum absolute atomic E-state index is 12.4. The highest BCUT2D eigenvalue weighted by atomic mass is 19.4. The van der Waals surface area contributed by atoms with Gasteiger partial charge >= 0.3 is 11.9 Å². The molecule has 0 fully saturated rings. The van der Waals surface area contributed by atoms with E-state index in [-0.39, 0.29) is 0 Å². The van der Waals surface area contributed by atoms with Gasteiger partial charge in [-0.3, -0.25) is 14.9 Å². The number of nitrogens with zero attached hydrogens (tertiary/aromatic N) is 1. The summed E-state index contributed by atoms with van der Waals surface area (Å²) in [5, 5.41) is 19.6. The van der Waals surface area contributed by atoms with Gasteiger partial charge in [-0.15, -0.1) is 0 Å². The van der Waals surface area contributed by atoms with E-state index in [1.54, 1.807) is 0 Å².